The number of nitrogens with one attached hydrogen (secondary N) is 1. The molecule has 3 rings (SSSR count). The van der Waals surface area contributed by atoms with Crippen molar-refractivity contribution in [3.05, 3.63) is 53.3 Å². The maximum atomic E-state index is 12.0. The van der Waals surface area contributed by atoms with Gasteiger partial charge >= 0.3 is 0 Å². The van der Waals surface area contributed by atoms with Crippen LogP contribution in [0.2, 0.25) is 0 Å². The molecule has 0 spiro atoms. The molecule has 3 aromatic rings. The van der Waals surface area contributed by atoms with Crippen LogP contribution in [-0.4, -0.2) is 25.9 Å². The largest absolute Gasteiger partial charge is 0.296 e. The smallest absolute Gasteiger partial charge is 0.279 e. The maximum Gasteiger partial charge on any atom is 0.279 e. The highest BCUT2D eigenvalue weighted by Crippen LogP contribution is 2.17. The summed E-state index contributed by atoms with van der Waals surface area (Å²) in [5.74, 6) is -0.318. The standard InChI is InChI=1S/C13H11N5OS/c1-9-7-14-13(20-9)15-12(19)11-8-18(17-16-11)10-5-3-2-4-6-10/h2-8H,1H3,(H,14,15,19). The molecule has 0 radical (unpaired) electrons. The zero-order valence-electron chi connectivity index (χ0n) is 10.6. The van der Waals surface area contributed by atoms with Crippen LogP contribution in [0.25, 0.3) is 5.69 Å². The summed E-state index contributed by atoms with van der Waals surface area (Å²) in [5, 5.41) is 11.1. The topological polar surface area (TPSA) is 72.7 Å². The summed E-state index contributed by atoms with van der Waals surface area (Å²) in [6, 6.07) is 9.49. The van der Waals surface area contributed by atoms with Gasteiger partial charge in [0.05, 0.1) is 11.9 Å². The van der Waals surface area contributed by atoms with E-state index in [-0.39, 0.29) is 11.6 Å². The van der Waals surface area contributed by atoms with Gasteiger partial charge in [-0.15, -0.1) is 16.4 Å². The van der Waals surface area contributed by atoms with Gasteiger partial charge in [-0.05, 0) is 19.1 Å². The molecular formula is C13H11N5OS. The van der Waals surface area contributed by atoms with E-state index in [9.17, 15) is 4.79 Å². The summed E-state index contributed by atoms with van der Waals surface area (Å²) in [6.07, 6.45) is 3.30. The Kier molecular flexibility index (Phi) is 3.26. The van der Waals surface area contributed by atoms with Crippen LogP contribution in [-0.2, 0) is 0 Å². The first kappa shape index (κ1) is 12.5. The van der Waals surface area contributed by atoms with E-state index in [4.69, 9.17) is 0 Å². The van der Waals surface area contributed by atoms with Crippen LogP contribution in [0.1, 0.15) is 15.4 Å². The number of hydrogen-bond donors (Lipinski definition) is 1. The molecule has 1 aromatic carbocycles. The Morgan fingerprint density at radius 3 is 2.80 bits per heavy atom. The van der Waals surface area contributed by atoms with Crippen molar-refractivity contribution in [1.29, 1.82) is 0 Å². The number of aromatic nitrogens is 4. The number of anilines is 1. The summed E-state index contributed by atoms with van der Waals surface area (Å²) >= 11 is 1.42. The summed E-state index contributed by atoms with van der Waals surface area (Å²) in [5.41, 5.74) is 1.10. The maximum absolute atomic E-state index is 12.0. The monoisotopic (exact) mass is 285 g/mol. The predicted octanol–water partition coefficient (Wildman–Crippen LogP) is 2.28. The van der Waals surface area contributed by atoms with Crippen molar-refractivity contribution < 1.29 is 4.79 Å². The highest BCUT2D eigenvalue weighted by Gasteiger charge is 2.13. The first-order chi connectivity index (χ1) is 9.72. The van der Waals surface area contributed by atoms with Crippen molar-refractivity contribution in [1.82, 2.24) is 20.0 Å². The van der Waals surface area contributed by atoms with E-state index < -0.39 is 0 Å². The van der Waals surface area contributed by atoms with Gasteiger partial charge in [-0.3, -0.25) is 10.1 Å². The zero-order chi connectivity index (χ0) is 13.9. The van der Waals surface area contributed by atoms with E-state index in [0.717, 1.165) is 10.6 Å². The lowest BCUT2D eigenvalue weighted by Crippen LogP contribution is -2.12. The second-order valence-corrected chi connectivity index (χ2v) is 5.35. The number of benzene rings is 1. The van der Waals surface area contributed by atoms with Gasteiger partial charge < -0.3 is 0 Å². The van der Waals surface area contributed by atoms with Crippen molar-refractivity contribution in [2.24, 2.45) is 0 Å². The van der Waals surface area contributed by atoms with Crippen molar-refractivity contribution in [3.63, 3.8) is 0 Å². The second-order valence-electron chi connectivity index (χ2n) is 4.11. The Morgan fingerprint density at radius 2 is 2.10 bits per heavy atom. The fourth-order valence-corrected chi connectivity index (χ4v) is 2.31. The average Bonchev–Trinajstić information content (AvgIpc) is 3.09. The number of carbonyl (C=O) groups is 1. The van der Waals surface area contributed by atoms with Crippen LogP contribution >= 0.6 is 11.3 Å². The molecular weight excluding hydrogens is 274 g/mol. The SMILES string of the molecule is Cc1cnc(NC(=O)c2cn(-c3ccccc3)nn2)s1. The molecule has 0 aliphatic heterocycles. The Labute approximate surface area is 119 Å². The van der Waals surface area contributed by atoms with E-state index in [1.54, 1.807) is 17.1 Å². The Balaban J connectivity index is 1.78. The molecule has 2 heterocycles. The van der Waals surface area contributed by atoms with Crippen molar-refractivity contribution >= 4 is 22.4 Å². The van der Waals surface area contributed by atoms with Crippen LogP contribution in [0.4, 0.5) is 5.13 Å². The van der Waals surface area contributed by atoms with Gasteiger partial charge in [0.15, 0.2) is 10.8 Å². The zero-order valence-corrected chi connectivity index (χ0v) is 11.5. The van der Waals surface area contributed by atoms with Gasteiger partial charge in [0.25, 0.3) is 5.91 Å². The molecule has 6 nitrogen and oxygen atoms in total. The lowest BCUT2D eigenvalue weighted by molar-refractivity contribution is 0.102. The number of hydrogen-bond acceptors (Lipinski definition) is 5. The van der Waals surface area contributed by atoms with Crippen molar-refractivity contribution in [2.45, 2.75) is 6.92 Å². The molecule has 0 unspecified atom stereocenters. The van der Waals surface area contributed by atoms with Gasteiger partial charge in [-0.2, -0.15) is 0 Å². The van der Waals surface area contributed by atoms with Gasteiger partial charge in [0, 0.05) is 11.1 Å². The van der Waals surface area contributed by atoms with E-state index in [0.29, 0.717) is 5.13 Å². The summed E-state index contributed by atoms with van der Waals surface area (Å²) < 4.78 is 1.56. The second kappa shape index (κ2) is 5.22. The Bertz CT molecular complexity index is 734. The molecule has 0 aliphatic rings. The average molecular weight is 285 g/mol. The van der Waals surface area contributed by atoms with Gasteiger partial charge in [0.1, 0.15) is 0 Å². The minimum atomic E-state index is -0.318. The first-order valence-electron chi connectivity index (χ1n) is 5.94. The normalized spacial score (nSPS) is 10.4. The quantitative estimate of drug-likeness (QED) is 0.801. The van der Waals surface area contributed by atoms with Crippen LogP contribution in [0.3, 0.4) is 0 Å². The van der Waals surface area contributed by atoms with E-state index in [1.807, 2.05) is 37.3 Å². The number of carbonyl (C=O) groups excluding carboxylic acids is 1. The molecule has 0 bridgehead atoms. The molecule has 0 fully saturated rings. The van der Waals surface area contributed by atoms with Crippen LogP contribution < -0.4 is 5.32 Å². The fourth-order valence-electron chi connectivity index (χ4n) is 1.65. The number of nitrogens with zero attached hydrogens (tertiary/aromatic N) is 4. The number of rotatable bonds is 3. The Hall–Kier alpha value is -2.54. The highest BCUT2D eigenvalue weighted by atomic mass is 32.1. The number of aryl methyl sites for hydroxylation is 1. The lowest BCUT2D eigenvalue weighted by Gasteiger charge is -1.98. The molecule has 7 heteroatoms. The number of thiazole rings is 1. The molecule has 2 aromatic heterocycles. The molecule has 0 saturated carbocycles. The third-order valence-corrected chi connectivity index (χ3v) is 3.42. The predicted molar refractivity (Wildman–Crippen MR) is 76.2 cm³/mol. The van der Waals surface area contributed by atoms with E-state index >= 15 is 0 Å². The summed E-state index contributed by atoms with van der Waals surface area (Å²) in [7, 11) is 0. The highest BCUT2D eigenvalue weighted by molar-refractivity contribution is 7.15. The minimum absolute atomic E-state index is 0.252. The van der Waals surface area contributed by atoms with E-state index in [2.05, 4.69) is 20.6 Å². The number of amides is 1. The van der Waals surface area contributed by atoms with Crippen molar-refractivity contribution in [3.8, 4) is 5.69 Å². The molecule has 20 heavy (non-hydrogen) atoms. The summed E-state index contributed by atoms with van der Waals surface area (Å²) in [6.45, 7) is 1.93. The molecule has 1 N–H and O–H groups in total. The molecule has 0 saturated heterocycles. The Morgan fingerprint density at radius 1 is 1.30 bits per heavy atom. The lowest BCUT2D eigenvalue weighted by atomic mass is 10.3. The van der Waals surface area contributed by atoms with Gasteiger partial charge in [-0.1, -0.05) is 23.4 Å². The van der Waals surface area contributed by atoms with Crippen LogP contribution in [0, 0.1) is 6.92 Å². The van der Waals surface area contributed by atoms with Crippen LogP contribution in [0.5, 0.6) is 0 Å². The molecule has 1 amide bonds. The van der Waals surface area contributed by atoms with Crippen molar-refractivity contribution in [2.75, 3.05) is 5.32 Å². The fraction of sp³-hybridized carbons (Fsp3) is 0.0769. The molecule has 100 valence electrons. The third-order valence-electron chi connectivity index (χ3n) is 2.59. The number of para-hydroxylation sites is 1. The third kappa shape index (κ3) is 2.57. The van der Waals surface area contributed by atoms with E-state index in [1.165, 1.54) is 11.3 Å². The molecule has 0 aliphatic carbocycles. The minimum Gasteiger partial charge on any atom is -0.296 e. The first-order valence-corrected chi connectivity index (χ1v) is 6.75. The summed E-state index contributed by atoms with van der Waals surface area (Å²) in [4.78, 5) is 17.1. The van der Waals surface area contributed by atoms with Gasteiger partial charge in [-0.25, -0.2) is 9.67 Å². The molecule has 0 atom stereocenters. The van der Waals surface area contributed by atoms with Crippen LogP contribution in [0.15, 0.2) is 42.7 Å². The van der Waals surface area contributed by atoms with Gasteiger partial charge in [0.2, 0.25) is 0 Å².